The van der Waals surface area contributed by atoms with Crippen molar-refractivity contribution >= 4 is 16.8 Å². The zero-order valence-corrected chi connectivity index (χ0v) is 15.0. The first-order chi connectivity index (χ1) is 12.7. The number of para-hydroxylation sites is 1. The van der Waals surface area contributed by atoms with Crippen molar-refractivity contribution in [2.45, 2.75) is 32.6 Å². The molecule has 1 fully saturated rings. The molecular formula is C21H23N3O2. The number of hydrogen-bond acceptors (Lipinski definition) is 4. The number of aryl methyl sites for hydroxylation is 1. The lowest BCUT2D eigenvalue weighted by Gasteiger charge is -2.19. The highest BCUT2D eigenvalue weighted by Gasteiger charge is 2.24. The molecule has 0 spiro atoms. The zero-order valence-electron chi connectivity index (χ0n) is 15.0. The summed E-state index contributed by atoms with van der Waals surface area (Å²) >= 11 is 0. The molecule has 3 aromatic rings. The number of aromatic nitrogens is 2. The molecule has 1 amide bonds. The summed E-state index contributed by atoms with van der Waals surface area (Å²) in [7, 11) is 0. The largest absolute Gasteiger partial charge is 0.361 e. The van der Waals surface area contributed by atoms with Gasteiger partial charge in [-0.1, -0.05) is 29.4 Å². The number of amides is 1. The molecular weight excluding hydrogens is 326 g/mol. The van der Waals surface area contributed by atoms with Gasteiger partial charge in [-0.05, 0) is 50.2 Å². The van der Waals surface area contributed by atoms with Crippen molar-refractivity contribution in [3.05, 3.63) is 59.6 Å². The summed E-state index contributed by atoms with van der Waals surface area (Å²) in [5, 5.41) is 5.06. The van der Waals surface area contributed by atoms with Crippen LogP contribution in [-0.4, -0.2) is 34.0 Å². The van der Waals surface area contributed by atoms with Crippen LogP contribution in [0.5, 0.6) is 0 Å². The van der Waals surface area contributed by atoms with Gasteiger partial charge < -0.3 is 9.42 Å². The van der Waals surface area contributed by atoms with E-state index in [1.54, 1.807) is 13.0 Å². The third-order valence-electron chi connectivity index (χ3n) is 5.21. The fourth-order valence-corrected chi connectivity index (χ4v) is 3.84. The molecule has 1 atom stereocenters. The van der Waals surface area contributed by atoms with Crippen molar-refractivity contribution in [1.82, 2.24) is 15.0 Å². The van der Waals surface area contributed by atoms with Crippen molar-refractivity contribution in [2.24, 2.45) is 5.92 Å². The average molecular weight is 349 g/mol. The topological polar surface area (TPSA) is 59.2 Å². The lowest BCUT2D eigenvalue weighted by molar-refractivity contribution is 0.0749. The second-order valence-electron chi connectivity index (χ2n) is 7.11. The molecule has 3 heterocycles. The molecule has 0 bridgehead atoms. The van der Waals surface area contributed by atoms with Gasteiger partial charge in [0.2, 0.25) is 0 Å². The molecule has 0 saturated carbocycles. The minimum Gasteiger partial charge on any atom is -0.361 e. The Morgan fingerprint density at radius 1 is 1.23 bits per heavy atom. The Kier molecular flexibility index (Phi) is 4.69. The molecule has 26 heavy (non-hydrogen) atoms. The van der Waals surface area contributed by atoms with E-state index in [0.29, 0.717) is 17.4 Å². The van der Waals surface area contributed by atoms with Crippen molar-refractivity contribution in [3.63, 3.8) is 0 Å². The lowest BCUT2D eigenvalue weighted by Crippen LogP contribution is -2.32. The minimum atomic E-state index is -0.0191. The number of rotatable bonds is 3. The molecule has 2 aromatic heterocycles. The van der Waals surface area contributed by atoms with E-state index in [4.69, 9.17) is 4.52 Å². The van der Waals surface area contributed by atoms with Gasteiger partial charge in [0.25, 0.3) is 5.91 Å². The number of pyridine rings is 1. The molecule has 1 aliphatic heterocycles. The van der Waals surface area contributed by atoms with Crippen LogP contribution in [0.1, 0.15) is 41.1 Å². The lowest BCUT2D eigenvalue weighted by atomic mass is 9.91. The third kappa shape index (κ3) is 3.47. The standard InChI is InChI=1S/C21H23N3O2/c1-15-13-19(23-26-15)21(25)24-11-4-5-16(9-12-24)14-18-7-2-6-17-8-3-10-22-20(17)18/h2-3,6-8,10,13,16H,4-5,9,11-12,14H2,1H3/t16-/m0/s1. The van der Waals surface area contributed by atoms with Crippen molar-refractivity contribution in [1.29, 1.82) is 0 Å². The second kappa shape index (κ2) is 7.28. The molecule has 5 nitrogen and oxygen atoms in total. The van der Waals surface area contributed by atoms with Crippen LogP contribution in [0.15, 0.2) is 47.1 Å². The average Bonchev–Trinajstić information content (AvgIpc) is 2.96. The Morgan fingerprint density at radius 3 is 2.96 bits per heavy atom. The Morgan fingerprint density at radius 2 is 2.12 bits per heavy atom. The van der Waals surface area contributed by atoms with Crippen LogP contribution in [0.25, 0.3) is 10.9 Å². The fourth-order valence-electron chi connectivity index (χ4n) is 3.84. The summed E-state index contributed by atoms with van der Waals surface area (Å²) in [4.78, 5) is 19.1. The van der Waals surface area contributed by atoms with Crippen LogP contribution in [0.2, 0.25) is 0 Å². The molecule has 1 saturated heterocycles. The molecule has 0 N–H and O–H groups in total. The second-order valence-corrected chi connectivity index (χ2v) is 7.11. The van der Waals surface area contributed by atoms with Gasteiger partial charge in [-0.25, -0.2) is 0 Å². The minimum absolute atomic E-state index is 0.0191. The van der Waals surface area contributed by atoms with Crippen molar-refractivity contribution in [3.8, 4) is 0 Å². The first-order valence-electron chi connectivity index (χ1n) is 9.26. The van der Waals surface area contributed by atoms with E-state index in [1.807, 2.05) is 17.2 Å². The first kappa shape index (κ1) is 16.8. The Labute approximate surface area is 153 Å². The van der Waals surface area contributed by atoms with E-state index in [9.17, 15) is 4.79 Å². The van der Waals surface area contributed by atoms with Gasteiger partial charge in [0.15, 0.2) is 5.69 Å². The van der Waals surface area contributed by atoms with Gasteiger partial charge in [-0.3, -0.25) is 9.78 Å². The summed E-state index contributed by atoms with van der Waals surface area (Å²) in [5.41, 5.74) is 2.82. The highest BCUT2D eigenvalue weighted by Crippen LogP contribution is 2.26. The molecule has 134 valence electrons. The smallest absolute Gasteiger partial charge is 0.276 e. The van der Waals surface area contributed by atoms with Gasteiger partial charge >= 0.3 is 0 Å². The summed E-state index contributed by atoms with van der Waals surface area (Å²) in [5.74, 6) is 1.22. The Hall–Kier alpha value is -2.69. The van der Waals surface area contributed by atoms with Gasteiger partial charge in [0, 0.05) is 30.7 Å². The summed E-state index contributed by atoms with van der Waals surface area (Å²) in [6, 6.07) is 12.2. The number of likely N-dealkylation sites (tertiary alicyclic amines) is 1. The molecule has 1 aliphatic rings. The molecule has 0 radical (unpaired) electrons. The molecule has 0 aliphatic carbocycles. The first-order valence-corrected chi connectivity index (χ1v) is 9.26. The van der Waals surface area contributed by atoms with Gasteiger partial charge in [-0.15, -0.1) is 0 Å². The summed E-state index contributed by atoms with van der Waals surface area (Å²) in [6.07, 6.45) is 6.03. The highest BCUT2D eigenvalue weighted by atomic mass is 16.5. The number of carbonyl (C=O) groups excluding carboxylic acids is 1. The van der Waals surface area contributed by atoms with E-state index < -0.39 is 0 Å². The van der Waals surface area contributed by atoms with Crippen LogP contribution in [-0.2, 0) is 6.42 Å². The Balaban J connectivity index is 1.44. The van der Waals surface area contributed by atoms with Crippen LogP contribution < -0.4 is 0 Å². The fraction of sp³-hybridized carbons (Fsp3) is 0.381. The van der Waals surface area contributed by atoms with Crippen molar-refractivity contribution in [2.75, 3.05) is 13.1 Å². The molecule has 0 unspecified atom stereocenters. The number of carbonyl (C=O) groups is 1. The predicted octanol–water partition coefficient (Wildman–Crippen LogP) is 4.02. The maximum absolute atomic E-state index is 12.6. The predicted molar refractivity (Wildman–Crippen MR) is 99.9 cm³/mol. The van der Waals surface area contributed by atoms with E-state index in [0.717, 1.165) is 44.3 Å². The maximum atomic E-state index is 12.6. The van der Waals surface area contributed by atoms with E-state index in [1.165, 1.54) is 10.9 Å². The van der Waals surface area contributed by atoms with Gasteiger partial charge in [0.1, 0.15) is 5.76 Å². The SMILES string of the molecule is Cc1cc(C(=O)N2CCC[C@H](Cc3cccc4cccnc34)CC2)no1. The van der Waals surface area contributed by atoms with Crippen LogP contribution in [0, 0.1) is 12.8 Å². The Bertz CT molecular complexity index is 913. The normalized spacial score (nSPS) is 18.0. The third-order valence-corrected chi connectivity index (χ3v) is 5.21. The van der Waals surface area contributed by atoms with Gasteiger partial charge in [-0.2, -0.15) is 0 Å². The quantitative estimate of drug-likeness (QED) is 0.717. The highest BCUT2D eigenvalue weighted by molar-refractivity contribution is 5.92. The monoisotopic (exact) mass is 349 g/mol. The van der Waals surface area contributed by atoms with E-state index in [-0.39, 0.29) is 5.91 Å². The molecule has 4 rings (SSSR count). The number of benzene rings is 1. The summed E-state index contributed by atoms with van der Waals surface area (Å²) in [6.45, 7) is 3.36. The van der Waals surface area contributed by atoms with E-state index >= 15 is 0 Å². The molecule has 5 heteroatoms. The van der Waals surface area contributed by atoms with Crippen molar-refractivity contribution < 1.29 is 9.32 Å². The number of hydrogen-bond donors (Lipinski definition) is 0. The zero-order chi connectivity index (χ0) is 17.9. The number of fused-ring (bicyclic) bond motifs is 1. The van der Waals surface area contributed by atoms with Crippen LogP contribution >= 0.6 is 0 Å². The van der Waals surface area contributed by atoms with Gasteiger partial charge in [0.05, 0.1) is 5.52 Å². The maximum Gasteiger partial charge on any atom is 0.276 e. The summed E-state index contributed by atoms with van der Waals surface area (Å²) < 4.78 is 5.04. The van der Waals surface area contributed by atoms with E-state index in [2.05, 4.69) is 34.4 Å². The number of nitrogens with zero attached hydrogens (tertiary/aromatic N) is 3. The van der Waals surface area contributed by atoms with Crippen LogP contribution in [0.4, 0.5) is 0 Å². The molecule has 1 aromatic carbocycles. The van der Waals surface area contributed by atoms with Crippen LogP contribution in [0.3, 0.4) is 0 Å².